The van der Waals surface area contributed by atoms with Crippen LogP contribution in [0.1, 0.15) is 29.7 Å². The highest BCUT2D eigenvalue weighted by molar-refractivity contribution is 7.89. The van der Waals surface area contributed by atoms with Gasteiger partial charge >= 0.3 is 0 Å². The number of nitrogens with zero attached hydrogens (tertiary/aromatic N) is 2. The van der Waals surface area contributed by atoms with Crippen molar-refractivity contribution in [2.75, 3.05) is 13.1 Å². The third kappa shape index (κ3) is 4.27. The standard InChI is InChI=1S/C17H25N5O2S/c1-13-16(10-18)17(20-19-13)25(23,24)21-15-8-5-9-22(12-15)11-14-6-3-2-4-7-14/h2-4,6-7,15,21H,5,8-12,18H2,1H3,(H,19,20). The van der Waals surface area contributed by atoms with Crippen molar-refractivity contribution in [3.8, 4) is 0 Å². The van der Waals surface area contributed by atoms with Gasteiger partial charge in [0.15, 0.2) is 5.03 Å². The lowest BCUT2D eigenvalue weighted by atomic mass is 10.1. The first kappa shape index (κ1) is 18.1. The van der Waals surface area contributed by atoms with E-state index < -0.39 is 10.0 Å². The number of hydrogen-bond donors (Lipinski definition) is 3. The number of piperidine rings is 1. The van der Waals surface area contributed by atoms with E-state index >= 15 is 0 Å². The fourth-order valence-electron chi connectivity index (χ4n) is 3.30. The van der Waals surface area contributed by atoms with Gasteiger partial charge in [0.1, 0.15) is 0 Å². The number of rotatable bonds is 6. The van der Waals surface area contributed by atoms with Crippen molar-refractivity contribution in [2.24, 2.45) is 5.73 Å². The maximum Gasteiger partial charge on any atom is 0.260 e. The molecule has 0 radical (unpaired) electrons. The highest BCUT2D eigenvalue weighted by Crippen LogP contribution is 2.19. The Bertz CT molecular complexity index is 804. The van der Waals surface area contributed by atoms with Crippen LogP contribution >= 0.6 is 0 Å². The van der Waals surface area contributed by atoms with Gasteiger partial charge < -0.3 is 5.73 Å². The minimum atomic E-state index is -3.68. The molecule has 1 fully saturated rings. The van der Waals surface area contributed by atoms with Crippen LogP contribution in [-0.4, -0.2) is 42.6 Å². The topological polar surface area (TPSA) is 104 Å². The first-order valence-electron chi connectivity index (χ1n) is 8.52. The molecule has 1 atom stereocenters. The third-order valence-electron chi connectivity index (χ3n) is 4.57. The predicted molar refractivity (Wildman–Crippen MR) is 96.3 cm³/mol. The summed E-state index contributed by atoms with van der Waals surface area (Å²) in [6.07, 6.45) is 1.79. The van der Waals surface area contributed by atoms with E-state index in [2.05, 4.69) is 32.0 Å². The van der Waals surface area contributed by atoms with Gasteiger partial charge in [0, 0.05) is 36.9 Å². The van der Waals surface area contributed by atoms with Crippen molar-refractivity contribution in [1.82, 2.24) is 19.8 Å². The Balaban J connectivity index is 1.67. The largest absolute Gasteiger partial charge is 0.326 e. The number of aryl methyl sites for hydroxylation is 1. The van der Waals surface area contributed by atoms with Crippen LogP contribution in [0.5, 0.6) is 0 Å². The number of benzene rings is 1. The van der Waals surface area contributed by atoms with Gasteiger partial charge in [-0.1, -0.05) is 30.3 Å². The van der Waals surface area contributed by atoms with Crippen molar-refractivity contribution in [3.05, 3.63) is 47.2 Å². The van der Waals surface area contributed by atoms with Gasteiger partial charge in [-0.25, -0.2) is 13.1 Å². The van der Waals surface area contributed by atoms with E-state index in [1.807, 2.05) is 18.2 Å². The Kier molecular flexibility index (Phi) is 5.53. The molecule has 1 saturated heterocycles. The van der Waals surface area contributed by atoms with Gasteiger partial charge in [-0.2, -0.15) is 5.10 Å². The molecule has 1 aromatic heterocycles. The fourth-order valence-corrected chi connectivity index (χ4v) is 4.77. The Hall–Kier alpha value is -1.74. The summed E-state index contributed by atoms with van der Waals surface area (Å²) in [5, 5.41) is 6.68. The van der Waals surface area contributed by atoms with Crippen LogP contribution in [0.3, 0.4) is 0 Å². The molecule has 7 nitrogen and oxygen atoms in total. The lowest BCUT2D eigenvalue weighted by molar-refractivity contribution is 0.194. The highest BCUT2D eigenvalue weighted by atomic mass is 32.2. The van der Waals surface area contributed by atoms with Crippen LogP contribution in [0, 0.1) is 6.92 Å². The number of likely N-dealkylation sites (tertiary alicyclic amines) is 1. The van der Waals surface area contributed by atoms with E-state index in [1.54, 1.807) is 6.92 Å². The molecule has 136 valence electrons. The summed E-state index contributed by atoms with van der Waals surface area (Å²) < 4.78 is 28.2. The number of H-pyrrole nitrogens is 1. The van der Waals surface area contributed by atoms with E-state index in [0.29, 0.717) is 17.8 Å². The summed E-state index contributed by atoms with van der Waals surface area (Å²) in [4.78, 5) is 2.28. The van der Waals surface area contributed by atoms with Gasteiger partial charge in [0.05, 0.1) is 0 Å². The first-order chi connectivity index (χ1) is 12.0. The SMILES string of the molecule is Cc1[nH]nc(S(=O)(=O)NC2CCCN(Cc3ccccc3)C2)c1CN. The molecule has 1 aromatic carbocycles. The summed E-state index contributed by atoms with van der Waals surface area (Å²) in [5.74, 6) is 0. The molecular weight excluding hydrogens is 338 g/mol. The number of aromatic amines is 1. The lowest BCUT2D eigenvalue weighted by Crippen LogP contribution is -2.47. The van der Waals surface area contributed by atoms with Gasteiger partial charge in [-0.15, -0.1) is 0 Å². The number of nitrogens with one attached hydrogen (secondary N) is 2. The van der Waals surface area contributed by atoms with Crippen LogP contribution < -0.4 is 10.5 Å². The van der Waals surface area contributed by atoms with Crippen molar-refractivity contribution in [1.29, 1.82) is 0 Å². The molecular formula is C17H25N5O2S. The van der Waals surface area contributed by atoms with Crippen LogP contribution in [0.2, 0.25) is 0 Å². The molecule has 4 N–H and O–H groups in total. The minimum absolute atomic E-state index is 0.0210. The molecule has 3 rings (SSSR count). The molecule has 25 heavy (non-hydrogen) atoms. The molecule has 0 amide bonds. The smallest absolute Gasteiger partial charge is 0.260 e. The summed E-state index contributed by atoms with van der Waals surface area (Å²) >= 11 is 0. The molecule has 8 heteroatoms. The van der Waals surface area contributed by atoms with Crippen LogP contribution in [0.15, 0.2) is 35.4 Å². The number of nitrogens with two attached hydrogens (primary N) is 1. The van der Waals surface area contributed by atoms with Crippen LogP contribution in [0.25, 0.3) is 0 Å². The van der Waals surface area contributed by atoms with Gasteiger partial charge in [-0.3, -0.25) is 10.00 Å². The maximum absolute atomic E-state index is 12.7. The molecule has 0 aliphatic carbocycles. The number of sulfonamides is 1. The monoisotopic (exact) mass is 363 g/mol. The predicted octanol–water partition coefficient (Wildman–Crippen LogP) is 1.12. The van der Waals surface area contributed by atoms with E-state index in [0.717, 1.165) is 25.9 Å². The normalized spacial score (nSPS) is 19.2. The Morgan fingerprint density at radius 3 is 2.84 bits per heavy atom. The second-order valence-corrected chi connectivity index (χ2v) is 8.15. The zero-order valence-corrected chi connectivity index (χ0v) is 15.2. The average molecular weight is 363 g/mol. The summed E-state index contributed by atoms with van der Waals surface area (Å²) in [6, 6.07) is 10.1. The first-order valence-corrected chi connectivity index (χ1v) is 10.0. The van der Waals surface area contributed by atoms with E-state index in [9.17, 15) is 8.42 Å². The molecule has 0 spiro atoms. The van der Waals surface area contributed by atoms with Gasteiger partial charge in [0.2, 0.25) is 0 Å². The Morgan fingerprint density at radius 1 is 1.36 bits per heavy atom. The van der Waals surface area contributed by atoms with E-state index in [1.165, 1.54) is 5.56 Å². The molecule has 1 aliphatic heterocycles. The Morgan fingerprint density at radius 2 is 2.12 bits per heavy atom. The van der Waals surface area contributed by atoms with Crippen LogP contribution in [-0.2, 0) is 23.1 Å². The quantitative estimate of drug-likeness (QED) is 0.713. The molecule has 0 saturated carbocycles. The van der Waals surface area contributed by atoms with Gasteiger partial charge in [0.25, 0.3) is 10.0 Å². The average Bonchev–Trinajstić information content (AvgIpc) is 2.97. The summed E-state index contributed by atoms with van der Waals surface area (Å²) in [5.41, 5.74) is 8.15. The van der Waals surface area contributed by atoms with Crippen molar-refractivity contribution in [3.63, 3.8) is 0 Å². The molecule has 1 unspecified atom stereocenters. The molecule has 1 aliphatic rings. The van der Waals surface area contributed by atoms with Crippen molar-refractivity contribution in [2.45, 2.75) is 43.9 Å². The van der Waals surface area contributed by atoms with Crippen LogP contribution in [0.4, 0.5) is 0 Å². The second-order valence-electron chi connectivity index (χ2n) is 6.52. The molecule has 0 bridgehead atoms. The zero-order chi connectivity index (χ0) is 17.9. The molecule has 2 heterocycles. The lowest BCUT2D eigenvalue weighted by Gasteiger charge is -2.32. The Labute approximate surface area is 148 Å². The highest BCUT2D eigenvalue weighted by Gasteiger charge is 2.28. The minimum Gasteiger partial charge on any atom is -0.326 e. The summed E-state index contributed by atoms with van der Waals surface area (Å²) in [7, 11) is -3.68. The fraction of sp³-hybridized carbons (Fsp3) is 0.471. The summed E-state index contributed by atoms with van der Waals surface area (Å²) in [6.45, 7) is 4.41. The number of aromatic nitrogens is 2. The van der Waals surface area contributed by atoms with Crippen molar-refractivity contribution < 1.29 is 8.42 Å². The number of hydrogen-bond acceptors (Lipinski definition) is 5. The third-order valence-corrected chi connectivity index (χ3v) is 6.06. The maximum atomic E-state index is 12.7. The van der Waals surface area contributed by atoms with E-state index in [4.69, 9.17) is 5.73 Å². The van der Waals surface area contributed by atoms with Crippen molar-refractivity contribution >= 4 is 10.0 Å². The van der Waals surface area contributed by atoms with E-state index in [-0.39, 0.29) is 17.6 Å². The second kappa shape index (κ2) is 7.65. The van der Waals surface area contributed by atoms with Gasteiger partial charge in [-0.05, 0) is 31.9 Å². The molecule has 2 aromatic rings. The zero-order valence-electron chi connectivity index (χ0n) is 14.4.